The molecule has 9 aromatic rings. The van der Waals surface area contributed by atoms with Gasteiger partial charge in [-0.2, -0.15) is 0 Å². The van der Waals surface area contributed by atoms with E-state index in [2.05, 4.69) is 228 Å². The molecule has 0 saturated carbocycles. The fraction of sp³-hybridized carbons (Fsp3) is 0.111. The van der Waals surface area contributed by atoms with Crippen LogP contribution in [0.2, 0.25) is 0 Å². The predicted molar refractivity (Wildman–Crippen MR) is 240 cm³/mol. The average Bonchev–Trinajstić information content (AvgIpc) is 3.74. The van der Waals surface area contributed by atoms with Crippen molar-refractivity contribution in [3.8, 4) is 44.5 Å². The van der Waals surface area contributed by atoms with Crippen LogP contribution in [0.15, 0.2) is 194 Å². The molecule has 280 valence electrons. The van der Waals surface area contributed by atoms with Crippen LogP contribution in [-0.4, -0.2) is 4.57 Å². The topological polar surface area (TPSA) is 41.0 Å². The van der Waals surface area contributed by atoms with Gasteiger partial charge in [-0.1, -0.05) is 184 Å². The van der Waals surface area contributed by atoms with E-state index in [1.807, 2.05) is 0 Å². The Labute approximate surface area is 339 Å². The molecule has 0 spiro atoms. The molecule has 1 aliphatic heterocycles. The smallest absolute Gasteiger partial charge is 0.142 e. The predicted octanol–water partition coefficient (Wildman–Crippen LogP) is 12.7. The Bertz CT molecular complexity index is 2950. The Morgan fingerprint density at radius 1 is 0.379 bits per heavy atom. The van der Waals surface area contributed by atoms with E-state index in [1.165, 1.54) is 88.6 Å². The molecule has 8 aromatic carbocycles. The number of para-hydroxylation sites is 1. The van der Waals surface area contributed by atoms with Crippen molar-refractivity contribution in [2.75, 3.05) is 0 Å². The lowest BCUT2D eigenvalue weighted by Gasteiger charge is -2.40. The largest absolute Gasteiger partial charge is 0.311 e. The number of nitrogens with one attached hydrogen (secondary N) is 3. The van der Waals surface area contributed by atoms with E-state index in [-0.39, 0.29) is 24.0 Å². The van der Waals surface area contributed by atoms with Gasteiger partial charge in [-0.15, -0.1) is 0 Å². The normalized spacial score (nSPS) is 18.3. The second kappa shape index (κ2) is 13.8. The van der Waals surface area contributed by atoms with Gasteiger partial charge in [0.1, 0.15) is 6.29 Å². The zero-order chi connectivity index (χ0) is 38.8. The van der Waals surface area contributed by atoms with Gasteiger partial charge in [0.25, 0.3) is 0 Å². The molecule has 2 heterocycles. The maximum absolute atomic E-state index is 3.95. The molecule has 3 N–H and O–H groups in total. The van der Waals surface area contributed by atoms with Crippen LogP contribution in [0.4, 0.5) is 0 Å². The molecule has 11 rings (SSSR count). The number of fused-ring (bicyclic) bond motifs is 6. The summed E-state index contributed by atoms with van der Waals surface area (Å²) in [7, 11) is 0. The highest BCUT2D eigenvalue weighted by molar-refractivity contribution is 6.09. The molecular formula is C54H44N4. The van der Waals surface area contributed by atoms with Crippen LogP contribution in [0.3, 0.4) is 0 Å². The van der Waals surface area contributed by atoms with Crippen molar-refractivity contribution >= 4 is 21.8 Å². The summed E-state index contributed by atoms with van der Waals surface area (Å²) < 4.78 is 2.44. The van der Waals surface area contributed by atoms with E-state index in [4.69, 9.17) is 0 Å². The average molecular weight is 749 g/mol. The molecule has 3 unspecified atom stereocenters. The van der Waals surface area contributed by atoms with E-state index in [9.17, 15) is 0 Å². The van der Waals surface area contributed by atoms with Gasteiger partial charge in [-0.25, -0.2) is 0 Å². The number of nitrogens with zero attached hydrogens (tertiary/aromatic N) is 1. The Morgan fingerprint density at radius 2 is 0.879 bits per heavy atom. The van der Waals surface area contributed by atoms with Crippen LogP contribution in [-0.2, 0) is 5.41 Å². The highest BCUT2D eigenvalue weighted by Crippen LogP contribution is 2.49. The van der Waals surface area contributed by atoms with Crippen LogP contribution in [0.1, 0.15) is 54.7 Å². The summed E-state index contributed by atoms with van der Waals surface area (Å²) in [4.78, 5) is 0. The van der Waals surface area contributed by atoms with Crippen LogP contribution in [0, 0.1) is 0 Å². The quantitative estimate of drug-likeness (QED) is 0.159. The highest BCUT2D eigenvalue weighted by Gasteiger charge is 2.35. The summed E-state index contributed by atoms with van der Waals surface area (Å²) in [6.07, 6.45) is -0.363. The molecule has 0 bridgehead atoms. The minimum atomic E-state index is -0.192. The molecule has 1 fully saturated rings. The lowest BCUT2D eigenvalue weighted by atomic mass is 9.81. The molecule has 3 atom stereocenters. The molecule has 4 nitrogen and oxygen atoms in total. The number of aromatic nitrogens is 1. The second-order valence-electron chi connectivity index (χ2n) is 16.3. The Morgan fingerprint density at radius 3 is 1.62 bits per heavy atom. The minimum absolute atomic E-state index is 0.0207. The van der Waals surface area contributed by atoms with Gasteiger partial charge in [-0.3, -0.25) is 16.0 Å². The summed E-state index contributed by atoms with van der Waals surface area (Å²) in [5.74, 6) is 0. The van der Waals surface area contributed by atoms with E-state index < -0.39 is 0 Å². The molecule has 2 aliphatic rings. The van der Waals surface area contributed by atoms with Crippen LogP contribution in [0.25, 0.3) is 66.3 Å². The van der Waals surface area contributed by atoms with Crippen molar-refractivity contribution in [3.63, 3.8) is 0 Å². The van der Waals surface area contributed by atoms with Gasteiger partial charge in [-0.05, 0) is 91.0 Å². The van der Waals surface area contributed by atoms with Crippen LogP contribution in [0.5, 0.6) is 0 Å². The second-order valence-corrected chi connectivity index (χ2v) is 16.3. The van der Waals surface area contributed by atoms with Crippen LogP contribution < -0.4 is 16.0 Å². The zero-order valence-electron chi connectivity index (χ0n) is 32.7. The Kier molecular flexibility index (Phi) is 8.26. The third kappa shape index (κ3) is 5.80. The van der Waals surface area contributed by atoms with Crippen LogP contribution >= 0.6 is 0 Å². The SMILES string of the molecule is CC1(C)c2ccccc2-c2ccc(-c3ccc(-c4ccc5c(c4)c4ccccc4n5C4NC(c5ccccc5)NC(c5ccc(-c6ccccc6)cc5)N4)cc3)cc21. The van der Waals surface area contributed by atoms with Crippen molar-refractivity contribution < 1.29 is 0 Å². The fourth-order valence-electron chi connectivity index (χ4n) is 9.50. The minimum Gasteiger partial charge on any atom is -0.311 e. The number of hydrogen-bond acceptors (Lipinski definition) is 3. The third-order valence-electron chi connectivity index (χ3n) is 12.6. The van der Waals surface area contributed by atoms with E-state index in [0.29, 0.717) is 0 Å². The maximum Gasteiger partial charge on any atom is 0.142 e. The fourth-order valence-corrected chi connectivity index (χ4v) is 9.50. The van der Waals surface area contributed by atoms with Gasteiger partial charge >= 0.3 is 0 Å². The number of benzene rings is 8. The van der Waals surface area contributed by atoms with E-state index >= 15 is 0 Å². The summed E-state index contributed by atoms with van der Waals surface area (Å²) in [5, 5.41) is 14.2. The molecule has 0 amide bonds. The van der Waals surface area contributed by atoms with Gasteiger partial charge in [0, 0.05) is 16.2 Å². The number of hydrogen-bond donors (Lipinski definition) is 3. The van der Waals surface area contributed by atoms with Crippen molar-refractivity contribution in [3.05, 3.63) is 216 Å². The van der Waals surface area contributed by atoms with Crippen molar-refractivity contribution in [1.82, 2.24) is 20.5 Å². The summed E-state index contributed by atoms with van der Waals surface area (Å²) in [5.41, 5.74) is 17.6. The lowest BCUT2D eigenvalue weighted by Crippen LogP contribution is -2.56. The summed E-state index contributed by atoms with van der Waals surface area (Å²) >= 11 is 0. The Hall–Kier alpha value is -6.56. The molecule has 4 heteroatoms. The standard InChI is InChI=1S/C54H44N4/c1-54(2)47-19-11-9-17-43(47)44-31-29-42(34-48(44)54)38-23-21-37(22-24-38)41-30-32-50-46(33-41)45-18-10-12-20-49(45)58(50)53-56-51(39-15-7-4-8-16-39)55-52(57-53)40-27-25-36(26-28-40)35-13-5-3-6-14-35/h3-34,51-53,55-57H,1-2H3. The third-order valence-corrected chi connectivity index (χ3v) is 12.6. The summed E-state index contributed by atoms with van der Waals surface area (Å²) in [6, 6.07) is 70.9. The lowest BCUT2D eigenvalue weighted by molar-refractivity contribution is 0.161. The van der Waals surface area contributed by atoms with Crippen molar-refractivity contribution in [2.24, 2.45) is 0 Å². The molecular weight excluding hydrogens is 705 g/mol. The van der Waals surface area contributed by atoms with Gasteiger partial charge < -0.3 is 4.57 Å². The molecule has 1 aliphatic carbocycles. The zero-order valence-corrected chi connectivity index (χ0v) is 32.7. The van der Waals surface area contributed by atoms with Crippen molar-refractivity contribution in [1.29, 1.82) is 0 Å². The first-order valence-corrected chi connectivity index (χ1v) is 20.4. The molecule has 0 radical (unpaired) electrons. The summed E-state index contributed by atoms with van der Waals surface area (Å²) in [6.45, 7) is 4.69. The number of rotatable bonds is 6. The first-order chi connectivity index (χ1) is 28.5. The highest BCUT2D eigenvalue weighted by atomic mass is 15.4. The van der Waals surface area contributed by atoms with Gasteiger partial charge in [0.05, 0.1) is 23.4 Å². The Balaban J connectivity index is 0.936. The molecule has 1 aromatic heterocycles. The first kappa shape index (κ1) is 34.7. The first-order valence-electron chi connectivity index (χ1n) is 20.4. The van der Waals surface area contributed by atoms with Gasteiger partial charge in [0.2, 0.25) is 0 Å². The van der Waals surface area contributed by atoms with Gasteiger partial charge in [0.15, 0.2) is 0 Å². The maximum atomic E-state index is 3.95. The molecule has 58 heavy (non-hydrogen) atoms. The van der Waals surface area contributed by atoms with E-state index in [1.54, 1.807) is 0 Å². The van der Waals surface area contributed by atoms with E-state index in [0.717, 1.165) is 0 Å². The van der Waals surface area contributed by atoms with Crippen molar-refractivity contribution in [2.45, 2.75) is 37.9 Å². The molecule has 1 saturated heterocycles. The monoisotopic (exact) mass is 748 g/mol.